The van der Waals surface area contributed by atoms with E-state index in [4.69, 9.17) is 0 Å². The molecule has 0 saturated heterocycles. The maximum Gasteiger partial charge on any atom is 0.281 e. The standard InChI is InChI=1S/C21H16N4O4S2/c1-13-18(14-5-3-2-4-6-14)19-20(31-13)22-12-24(21(19)27)23-17(26)11-30-16-9-7-15(8-10-16)25(28)29/h2-10,12H,11H2,1H3,(H,23,26). The highest BCUT2D eigenvalue weighted by Crippen LogP contribution is 2.35. The van der Waals surface area contributed by atoms with Gasteiger partial charge in [-0.15, -0.1) is 23.1 Å². The molecule has 0 aliphatic carbocycles. The third kappa shape index (κ3) is 4.35. The molecule has 0 aliphatic heterocycles. The van der Waals surface area contributed by atoms with Crippen molar-refractivity contribution in [2.24, 2.45) is 0 Å². The first-order valence-electron chi connectivity index (χ1n) is 9.17. The smallest absolute Gasteiger partial charge is 0.272 e. The Bertz CT molecular complexity index is 1330. The van der Waals surface area contributed by atoms with Crippen LogP contribution in [0.25, 0.3) is 21.3 Å². The molecule has 31 heavy (non-hydrogen) atoms. The van der Waals surface area contributed by atoms with Gasteiger partial charge in [0.15, 0.2) is 0 Å². The molecule has 0 radical (unpaired) electrons. The Hall–Kier alpha value is -3.50. The second-order valence-corrected chi connectivity index (χ2v) is 8.83. The molecule has 2 aromatic heterocycles. The van der Waals surface area contributed by atoms with Gasteiger partial charge in [0, 0.05) is 27.5 Å². The van der Waals surface area contributed by atoms with Crippen LogP contribution >= 0.6 is 23.1 Å². The molecule has 8 nitrogen and oxygen atoms in total. The van der Waals surface area contributed by atoms with Crippen molar-refractivity contribution < 1.29 is 9.72 Å². The molecule has 0 bridgehead atoms. The first-order valence-corrected chi connectivity index (χ1v) is 11.0. The van der Waals surface area contributed by atoms with Crippen LogP contribution in [0.4, 0.5) is 5.69 Å². The Morgan fingerprint density at radius 1 is 1.19 bits per heavy atom. The number of aromatic nitrogens is 2. The van der Waals surface area contributed by atoms with Gasteiger partial charge in [-0.2, -0.15) is 0 Å². The number of fused-ring (bicyclic) bond motifs is 1. The summed E-state index contributed by atoms with van der Waals surface area (Å²) in [5.41, 5.74) is 3.95. The average Bonchev–Trinajstić information content (AvgIpc) is 3.12. The van der Waals surface area contributed by atoms with Gasteiger partial charge in [0.2, 0.25) is 5.91 Å². The molecule has 1 amide bonds. The maximum atomic E-state index is 13.1. The number of nitrogens with zero attached hydrogens (tertiary/aromatic N) is 3. The minimum absolute atomic E-state index is 0.0139. The molecule has 0 saturated carbocycles. The fourth-order valence-corrected chi connectivity index (χ4v) is 4.81. The number of carbonyl (C=O) groups is 1. The molecule has 10 heteroatoms. The second kappa shape index (κ2) is 8.70. The molecule has 0 aliphatic rings. The van der Waals surface area contributed by atoms with E-state index in [0.29, 0.717) is 15.1 Å². The van der Waals surface area contributed by atoms with Crippen LogP contribution in [0.1, 0.15) is 4.88 Å². The van der Waals surface area contributed by atoms with Crippen molar-refractivity contribution in [2.75, 3.05) is 11.2 Å². The lowest BCUT2D eigenvalue weighted by Crippen LogP contribution is -2.34. The number of rotatable bonds is 6. The van der Waals surface area contributed by atoms with Crippen molar-refractivity contribution in [3.05, 3.63) is 86.3 Å². The molecular weight excluding hydrogens is 436 g/mol. The Morgan fingerprint density at radius 2 is 1.90 bits per heavy atom. The summed E-state index contributed by atoms with van der Waals surface area (Å²) in [6.45, 7) is 1.94. The van der Waals surface area contributed by atoms with E-state index in [2.05, 4.69) is 10.4 Å². The quantitative estimate of drug-likeness (QED) is 0.267. The lowest BCUT2D eigenvalue weighted by Gasteiger charge is -2.08. The van der Waals surface area contributed by atoms with Crippen LogP contribution in [0.3, 0.4) is 0 Å². The molecule has 0 fully saturated rings. The number of hydrogen-bond acceptors (Lipinski definition) is 7. The summed E-state index contributed by atoms with van der Waals surface area (Å²) in [6, 6.07) is 15.5. The Labute approximate surface area is 184 Å². The van der Waals surface area contributed by atoms with E-state index in [9.17, 15) is 19.7 Å². The van der Waals surface area contributed by atoms with Crippen LogP contribution < -0.4 is 11.0 Å². The van der Waals surface area contributed by atoms with Crippen LogP contribution in [-0.4, -0.2) is 26.2 Å². The molecule has 4 rings (SSSR count). The predicted molar refractivity (Wildman–Crippen MR) is 122 cm³/mol. The number of hydrogen-bond donors (Lipinski definition) is 1. The number of aryl methyl sites for hydroxylation is 1. The molecule has 4 aromatic rings. The van der Waals surface area contributed by atoms with Crippen molar-refractivity contribution in [2.45, 2.75) is 11.8 Å². The van der Waals surface area contributed by atoms with Gasteiger partial charge in [-0.1, -0.05) is 30.3 Å². The van der Waals surface area contributed by atoms with Crippen molar-refractivity contribution in [1.82, 2.24) is 9.66 Å². The number of nitro benzene ring substituents is 1. The highest BCUT2D eigenvalue weighted by Gasteiger charge is 2.17. The van der Waals surface area contributed by atoms with E-state index in [1.807, 2.05) is 37.3 Å². The van der Waals surface area contributed by atoms with Crippen LogP contribution in [0, 0.1) is 17.0 Å². The first-order chi connectivity index (χ1) is 14.9. The summed E-state index contributed by atoms with van der Waals surface area (Å²) in [4.78, 5) is 42.4. The van der Waals surface area contributed by atoms with Gasteiger partial charge in [0.1, 0.15) is 11.2 Å². The van der Waals surface area contributed by atoms with E-state index in [1.54, 1.807) is 12.1 Å². The molecule has 2 aromatic carbocycles. The monoisotopic (exact) mass is 452 g/mol. The third-order valence-electron chi connectivity index (χ3n) is 4.51. The number of benzene rings is 2. The Kier molecular flexibility index (Phi) is 5.83. The van der Waals surface area contributed by atoms with Gasteiger partial charge in [0.25, 0.3) is 11.2 Å². The second-order valence-electron chi connectivity index (χ2n) is 6.57. The molecule has 0 unspecified atom stereocenters. The summed E-state index contributed by atoms with van der Waals surface area (Å²) in [5.74, 6) is -0.351. The van der Waals surface area contributed by atoms with Crippen LogP contribution in [0.5, 0.6) is 0 Å². The van der Waals surface area contributed by atoms with Crippen molar-refractivity contribution >= 4 is 44.9 Å². The summed E-state index contributed by atoms with van der Waals surface area (Å²) in [6.07, 6.45) is 1.31. The first kappa shape index (κ1) is 20.8. The predicted octanol–water partition coefficient (Wildman–Crippen LogP) is 4.20. The number of carbonyl (C=O) groups excluding carboxylic acids is 1. The van der Waals surface area contributed by atoms with E-state index in [0.717, 1.165) is 20.7 Å². The molecule has 0 atom stereocenters. The summed E-state index contributed by atoms with van der Waals surface area (Å²) in [5, 5.41) is 11.2. The van der Waals surface area contributed by atoms with Gasteiger partial charge in [-0.25, -0.2) is 9.66 Å². The average molecular weight is 453 g/mol. The number of amides is 1. The minimum atomic E-state index is -0.480. The van der Waals surface area contributed by atoms with Crippen molar-refractivity contribution in [3.63, 3.8) is 0 Å². The fourth-order valence-electron chi connectivity index (χ4n) is 3.11. The fraction of sp³-hybridized carbons (Fsp3) is 0.0952. The Morgan fingerprint density at radius 3 is 2.58 bits per heavy atom. The molecule has 1 N–H and O–H groups in total. The van der Waals surface area contributed by atoms with Gasteiger partial charge in [0.05, 0.1) is 16.1 Å². The number of thioether (sulfide) groups is 1. The van der Waals surface area contributed by atoms with Gasteiger partial charge in [-0.05, 0) is 24.6 Å². The third-order valence-corrected chi connectivity index (χ3v) is 6.54. The number of thiophene rings is 1. The highest BCUT2D eigenvalue weighted by atomic mass is 32.2. The SMILES string of the molecule is Cc1sc2ncn(NC(=O)CSc3ccc([N+](=O)[O-])cc3)c(=O)c2c1-c1ccccc1. The number of nitro groups is 1. The highest BCUT2D eigenvalue weighted by molar-refractivity contribution is 8.00. The lowest BCUT2D eigenvalue weighted by molar-refractivity contribution is -0.384. The van der Waals surface area contributed by atoms with Gasteiger partial charge < -0.3 is 0 Å². The molecular formula is C21H16N4O4S2. The molecule has 2 heterocycles. The van der Waals surface area contributed by atoms with Gasteiger partial charge >= 0.3 is 0 Å². The van der Waals surface area contributed by atoms with E-state index in [-0.39, 0.29) is 22.9 Å². The summed E-state index contributed by atoms with van der Waals surface area (Å²) in [7, 11) is 0. The van der Waals surface area contributed by atoms with Crippen molar-refractivity contribution in [1.29, 1.82) is 0 Å². The largest absolute Gasteiger partial charge is 0.281 e. The zero-order chi connectivity index (χ0) is 22.0. The summed E-state index contributed by atoms with van der Waals surface area (Å²) >= 11 is 2.65. The van der Waals surface area contributed by atoms with E-state index in [1.165, 1.54) is 41.6 Å². The zero-order valence-electron chi connectivity index (χ0n) is 16.3. The molecule has 156 valence electrons. The number of non-ortho nitro benzene ring substituents is 1. The van der Waals surface area contributed by atoms with E-state index >= 15 is 0 Å². The minimum Gasteiger partial charge on any atom is -0.272 e. The maximum absolute atomic E-state index is 13.1. The lowest BCUT2D eigenvalue weighted by atomic mass is 10.0. The normalized spacial score (nSPS) is 10.9. The summed E-state index contributed by atoms with van der Waals surface area (Å²) < 4.78 is 1.10. The number of nitrogens with one attached hydrogen (secondary N) is 1. The van der Waals surface area contributed by atoms with E-state index < -0.39 is 4.92 Å². The van der Waals surface area contributed by atoms with Crippen LogP contribution in [0.15, 0.2) is 70.6 Å². The zero-order valence-corrected chi connectivity index (χ0v) is 17.9. The topological polar surface area (TPSA) is 107 Å². The Balaban J connectivity index is 1.54. The van der Waals surface area contributed by atoms with Gasteiger partial charge in [-0.3, -0.25) is 25.1 Å². The molecule has 0 spiro atoms. The van der Waals surface area contributed by atoms with Crippen LogP contribution in [0.2, 0.25) is 0 Å². The van der Waals surface area contributed by atoms with Crippen LogP contribution in [-0.2, 0) is 4.79 Å². The van der Waals surface area contributed by atoms with Crippen molar-refractivity contribution in [3.8, 4) is 11.1 Å².